The van der Waals surface area contributed by atoms with E-state index in [-0.39, 0.29) is 0 Å². The first-order valence-corrected chi connectivity index (χ1v) is 7.47. The molecule has 2 aromatic carbocycles. The van der Waals surface area contributed by atoms with Crippen molar-refractivity contribution in [1.29, 1.82) is 0 Å². The van der Waals surface area contributed by atoms with Gasteiger partial charge in [-0.3, -0.25) is 9.59 Å². The lowest BCUT2D eigenvalue weighted by Gasteiger charge is -2.14. The Hall–Kier alpha value is -3.15. The topological polar surface area (TPSA) is 75.4 Å². The smallest absolute Gasteiger partial charge is 0.325 e. The number of nitrogens with zero attached hydrogens (tertiary/aromatic N) is 3. The molecule has 0 aliphatic heterocycles. The van der Waals surface area contributed by atoms with Gasteiger partial charge in [0.1, 0.15) is 6.54 Å². The van der Waals surface area contributed by atoms with Gasteiger partial charge in [-0.2, -0.15) is 5.10 Å². The molecule has 24 heavy (non-hydrogen) atoms. The number of hydrogen-bond donors (Lipinski definition) is 1. The molecule has 122 valence electrons. The van der Waals surface area contributed by atoms with E-state index in [2.05, 4.69) is 5.10 Å². The Labute approximate surface area is 138 Å². The molecule has 0 fully saturated rings. The molecule has 1 aromatic heterocycles. The van der Waals surface area contributed by atoms with Gasteiger partial charge in [-0.05, 0) is 18.2 Å². The number of carboxylic acids is 1. The second-order valence-electron chi connectivity index (χ2n) is 5.69. The Morgan fingerprint density at radius 1 is 1.08 bits per heavy atom. The van der Waals surface area contributed by atoms with Crippen LogP contribution in [-0.2, 0) is 11.3 Å². The molecule has 0 aliphatic carbocycles. The Balaban J connectivity index is 2.24. The van der Waals surface area contributed by atoms with Gasteiger partial charge in [0.25, 0.3) is 5.56 Å². The van der Waals surface area contributed by atoms with E-state index in [4.69, 9.17) is 5.11 Å². The normalized spacial score (nSPS) is 10.8. The summed E-state index contributed by atoms with van der Waals surface area (Å²) >= 11 is 0. The Kier molecular flexibility index (Phi) is 4.04. The molecule has 0 atom stereocenters. The van der Waals surface area contributed by atoms with Crippen LogP contribution in [0.1, 0.15) is 0 Å². The molecule has 0 saturated carbocycles. The quantitative estimate of drug-likeness (QED) is 0.797. The summed E-state index contributed by atoms with van der Waals surface area (Å²) in [5, 5.41) is 14.5. The maximum absolute atomic E-state index is 12.4. The summed E-state index contributed by atoms with van der Waals surface area (Å²) in [5.74, 6) is -1.10. The Morgan fingerprint density at radius 2 is 1.71 bits per heavy atom. The van der Waals surface area contributed by atoms with Crippen molar-refractivity contribution in [2.45, 2.75) is 6.54 Å². The van der Waals surface area contributed by atoms with Crippen molar-refractivity contribution in [1.82, 2.24) is 9.78 Å². The lowest BCUT2D eigenvalue weighted by Crippen LogP contribution is -2.27. The van der Waals surface area contributed by atoms with Crippen LogP contribution >= 0.6 is 0 Å². The average molecular weight is 323 g/mol. The van der Waals surface area contributed by atoms with Crippen LogP contribution in [0.5, 0.6) is 0 Å². The van der Waals surface area contributed by atoms with Gasteiger partial charge < -0.3 is 10.0 Å². The molecule has 0 spiro atoms. The summed E-state index contributed by atoms with van der Waals surface area (Å²) in [6, 6.07) is 14.9. The minimum Gasteiger partial charge on any atom is -0.480 e. The first-order chi connectivity index (χ1) is 11.5. The second kappa shape index (κ2) is 6.16. The molecule has 0 unspecified atom stereocenters. The Morgan fingerprint density at radius 3 is 2.29 bits per heavy atom. The van der Waals surface area contributed by atoms with Crippen molar-refractivity contribution < 1.29 is 9.90 Å². The van der Waals surface area contributed by atoms with E-state index in [0.29, 0.717) is 16.5 Å². The molecule has 1 N–H and O–H groups in total. The lowest BCUT2D eigenvalue weighted by atomic mass is 10.0. The fraction of sp³-hybridized carbons (Fsp3) is 0.167. The van der Waals surface area contributed by atoms with Crippen LogP contribution in [0.25, 0.3) is 22.0 Å². The zero-order chi connectivity index (χ0) is 17.3. The molecule has 3 rings (SSSR count). The molecule has 6 heteroatoms. The summed E-state index contributed by atoms with van der Waals surface area (Å²) in [4.78, 5) is 25.4. The van der Waals surface area contributed by atoms with Crippen LogP contribution in [0.2, 0.25) is 0 Å². The van der Waals surface area contributed by atoms with Crippen LogP contribution in [0, 0.1) is 0 Å². The van der Waals surface area contributed by atoms with E-state index in [1.807, 2.05) is 55.4 Å². The molecule has 0 bridgehead atoms. The number of carboxylic acid groups (broad SMARTS) is 1. The van der Waals surface area contributed by atoms with Crippen molar-refractivity contribution in [3.63, 3.8) is 0 Å². The fourth-order valence-electron chi connectivity index (χ4n) is 2.60. The minimum absolute atomic E-state index is 0.401. The van der Waals surface area contributed by atoms with Gasteiger partial charge in [0, 0.05) is 30.7 Å². The van der Waals surface area contributed by atoms with Crippen LogP contribution in [0.15, 0.2) is 53.3 Å². The molecule has 1 heterocycles. The van der Waals surface area contributed by atoms with Crippen LogP contribution in [0.4, 0.5) is 5.69 Å². The first kappa shape index (κ1) is 15.7. The van der Waals surface area contributed by atoms with Crippen molar-refractivity contribution in [3.05, 3.63) is 58.9 Å². The summed E-state index contributed by atoms with van der Waals surface area (Å²) in [6.45, 7) is -0.466. The van der Waals surface area contributed by atoms with Gasteiger partial charge in [0.15, 0.2) is 0 Å². The monoisotopic (exact) mass is 323 g/mol. The highest BCUT2D eigenvalue weighted by Crippen LogP contribution is 2.26. The van der Waals surface area contributed by atoms with E-state index < -0.39 is 18.1 Å². The van der Waals surface area contributed by atoms with E-state index in [0.717, 1.165) is 15.9 Å². The van der Waals surface area contributed by atoms with Gasteiger partial charge in [0.05, 0.1) is 11.1 Å². The predicted octanol–water partition coefficient (Wildman–Crippen LogP) is 2.21. The lowest BCUT2D eigenvalue weighted by molar-refractivity contribution is -0.137. The molecular formula is C18H17N3O3. The van der Waals surface area contributed by atoms with Crippen molar-refractivity contribution in [2.24, 2.45) is 0 Å². The van der Waals surface area contributed by atoms with Gasteiger partial charge in [-0.15, -0.1) is 0 Å². The molecule has 0 amide bonds. The van der Waals surface area contributed by atoms with Gasteiger partial charge >= 0.3 is 5.97 Å². The third-order valence-corrected chi connectivity index (χ3v) is 3.81. The predicted molar refractivity (Wildman–Crippen MR) is 93.4 cm³/mol. The highest BCUT2D eigenvalue weighted by Gasteiger charge is 2.13. The zero-order valence-corrected chi connectivity index (χ0v) is 13.4. The highest BCUT2D eigenvalue weighted by molar-refractivity contribution is 5.94. The second-order valence-corrected chi connectivity index (χ2v) is 5.69. The first-order valence-electron chi connectivity index (χ1n) is 7.47. The molecule has 0 aliphatic rings. The van der Waals surface area contributed by atoms with E-state index in [1.54, 1.807) is 12.1 Å². The van der Waals surface area contributed by atoms with Gasteiger partial charge in [0.2, 0.25) is 0 Å². The number of rotatable bonds is 4. The number of anilines is 1. The molecule has 3 aromatic rings. The fourth-order valence-corrected chi connectivity index (χ4v) is 2.60. The molecule has 0 radical (unpaired) electrons. The number of hydrogen-bond acceptors (Lipinski definition) is 4. The summed E-state index contributed by atoms with van der Waals surface area (Å²) in [6.07, 6.45) is 0. The number of aromatic nitrogens is 2. The van der Waals surface area contributed by atoms with Crippen molar-refractivity contribution in [3.8, 4) is 11.3 Å². The molecule has 0 saturated heterocycles. The standard InChI is InChI=1S/C18H17N3O3/c1-20(2)13-9-7-12(8-10-13)17-14-5-3-4-6-15(14)18(24)21(19-17)11-16(22)23/h3-10H,11H2,1-2H3,(H,22,23). The Bertz CT molecular complexity index is 959. The van der Waals surface area contributed by atoms with E-state index in [1.165, 1.54) is 0 Å². The minimum atomic E-state index is -1.10. The van der Waals surface area contributed by atoms with Crippen LogP contribution in [0.3, 0.4) is 0 Å². The van der Waals surface area contributed by atoms with Crippen molar-refractivity contribution >= 4 is 22.4 Å². The highest BCUT2D eigenvalue weighted by atomic mass is 16.4. The number of carbonyl (C=O) groups is 1. The largest absolute Gasteiger partial charge is 0.480 e. The van der Waals surface area contributed by atoms with Crippen molar-refractivity contribution in [2.75, 3.05) is 19.0 Å². The third kappa shape index (κ3) is 2.86. The number of benzene rings is 2. The number of fused-ring (bicyclic) bond motifs is 1. The number of aliphatic carboxylic acids is 1. The average Bonchev–Trinajstić information content (AvgIpc) is 2.57. The third-order valence-electron chi connectivity index (χ3n) is 3.81. The summed E-state index contributed by atoms with van der Waals surface area (Å²) < 4.78 is 1.000. The van der Waals surface area contributed by atoms with E-state index in [9.17, 15) is 9.59 Å². The molecular weight excluding hydrogens is 306 g/mol. The SMILES string of the molecule is CN(C)c1ccc(-c2nn(CC(=O)O)c(=O)c3ccccc23)cc1. The van der Waals surface area contributed by atoms with Gasteiger partial charge in [-0.1, -0.05) is 30.3 Å². The summed E-state index contributed by atoms with van der Waals surface area (Å²) in [5.41, 5.74) is 2.07. The van der Waals surface area contributed by atoms with E-state index >= 15 is 0 Å². The van der Waals surface area contributed by atoms with Crippen LogP contribution in [-0.4, -0.2) is 35.0 Å². The maximum atomic E-state index is 12.4. The summed E-state index contributed by atoms with van der Waals surface area (Å²) in [7, 11) is 3.91. The molecule has 6 nitrogen and oxygen atoms in total. The maximum Gasteiger partial charge on any atom is 0.325 e. The van der Waals surface area contributed by atoms with Crippen LogP contribution < -0.4 is 10.5 Å². The van der Waals surface area contributed by atoms with Gasteiger partial charge in [-0.25, -0.2) is 4.68 Å². The zero-order valence-electron chi connectivity index (χ0n) is 13.4.